The molecule has 2 aromatic heterocycles. The first-order valence-corrected chi connectivity index (χ1v) is 13.1. The SMILES string of the molecule is Clc1ccccc1-c1cc(NC2CCN(Cc3ccc4ccccc4c3)CC2)n2ncc(Br)c2n1. The molecule has 5 aromatic rings. The maximum Gasteiger partial charge on any atom is 0.172 e. The zero-order chi connectivity index (χ0) is 23.8. The van der Waals surface area contributed by atoms with Crippen LogP contribution < -0.4 is 5.32 Å². The van der Waals surface area contributed by atoms with Crippen molar-refractivity contribution in [3.8, 4) is 11.3 Å². The summed E-state index contributed by atoms with van der Waals surface area (Å²) in [4.78, 5) is 7.37. The number of benzene rings is 3. The molecule has 0 saturated carbocycles. The van der Waals surface area contributed by atoms with Crippen molar-refractivity contribution in [3.63, 3.8) is 0 Å². The summed E-state index contributed by atoms with van der Waals surface area (Å²) in [6, 6.07) is 25.6. The molecular formula is C28H25BrClN5. The summed E-state index contributed by atoms with van der Waals surface area (Å²) in [7, 11) is 0. The highest BCUT2D eigenvalue weighted by atomic mass is 79.9. The van der Waals surface area contributed by atoms with E-state index in [9.17, 15) is 0 Å². The lowest BCUT2D eigenvalue weighted by molar-refractivity contribution is 0.211. The van der Waals surface area contributed by atoms with Gasteiger partial charge in [0.2, 0.25) is 0 Å². The fourth-order valence-electron chi connectivity index (χ4n) is 4.89. The van der Waals surface area contributed by atoms with Crippen LogP contribution in [0.25, 0.3) is 27.7 Å². The zero-order valence-corrected chi connectivity index (χ0v) is 21.5. The topological polar surface area (TPSA) is 45.5 Å². The van der Waals surface area contributed by atoms with Crippen LogP contribution in [0.5, 0.6) is 0 Å². The number of piperidine rings is 1. The van der Waals surface area contributed by atoms with Crippen LogP contribution in [0, 0.1) is 0 Å². The Kier molecular flexibility index (Phi) is 6.19. The van der Waals surface area contributed by atoms with Crippen LogP contribution in [0.15, 0.2) is 83.5 Å². The molecule has 0 radical (unpaired) electrons. The molecule has 35 heavy (non-hydrogen) atoms. The average molecular weight is 547 g/mol. The lowest BCUT2D eigenvalue weighted by Crippen LogP contribution is -2.39. The number of nitrogens with one attached hydrogen (secondary N) is 1. The third-order valence-electron chi connectivity index (χ3n) is 6.74. The normalized spacial score (nSPS) is 15.1. The fraction of sp³-hybridized carbons (Fsp3) is 0.214. The number of likely N-dealkylation sites (tertiary alicyclic amines) is 1. The van der Waals surface area contributed by atoms with Crippen LogP contribution in [0.4, 0.5) is 5.82 Å². The Bertz CT molecular complexity index is 1510. The number of fused-ring (bicyclic) bond motifs is 2. The molecule has 6 rings (SSSR count). The van der Waals surface area contributed by atoms with E-state index in [1.54, 1.807) is 6.20 Å². The summed E-state index contributed by atoms with van der Waals surface area (Å²) in [5.41, 5.74) is 3.90. The van der Waals surface area contributed by atoms with E-state index in [0.29, 0.717) is 11.1 Å². The maximum atomic E-state index is 6.48. The molecule has 3 aromatic carbocycles. The Balaban J connectivity index is 1.18. The molecule has 0 atom stereocenters. The second-order valence-electron chi connectivity index (χ2n) is 9.11. The molecule has 0 spiro atoms. The van der Waals surface area contributed by atoms with E-state index in [4.69, 9.17) is 16.6 Å². The van der Waals surface area contributed by atoms with Crippen molar-refractivity contribution in [1.82, 2.24) is 19.5 Å². The third-order valence-corrected chi connectivity index (χ3v) is 7.63. The second-order valence-corrected chi connectivity index (χ2v) is 10.4. The van der Waals surface area contributed by atoms with E-state index in [-0.39, 0.29) is 0 Å². The van der Waals surface area contributed by atoms with Crippen LogP contribution in [-0.2, 0) is 6.54 Å². The zero-order valence-electron chi connectivity index (χ0n) is 19.2. The van der Waals surface area contributed by atoms with Crippen molar-refractivity contribution < 1.29 is 0 Å². The van der Waals surface area contributed by atoms with E-state index >= 15 is 0 Å². The minimum Gasteiger partial charge on any atom is -0.367 e. The highest BCUT2D eigenvalue weighted by Gasteiger charge is 2.21. The average Bonchev–Trinajstić information content (AvgIpc) is 3.26. The van der Waals surface area contributed by atoms with Gasteiger partial charge in [-0.05, 0) is 57.2 Å². The van der Waals surface area contributed by atoms with Gasteiger partial charge in [-0.15, -0.1) is 0 Å². The molecule has 7 heteroatoms. The lowest BCUT2D eigenvalue weighted by atomic mass is 10.0. The summed E-state index contributed by atoms with van der Waals surface area (Å²) in [6.07, 6.45) is 3.93. The van der Waals surface area contributed by atoms with Crippen molar-refractivity contribution in [2.24, 2.45) is 0 Å². The van der Waals surface area contributed by atoms with Crippen molar-refractivity contribution in [1.29, 1.82) is 0 Å². The van der Waals surface area contributed by atoms with Crippen LogP contribution in [0.2, 0.25) is 5.02 Å². The molecule has 1 fully saturated rings. The first-order valence-electron chi connectivity index (χ1n) is 11.9. The second kappa shape index (κ2) is 9.61. The van der Waals surface area contributed by atoms with Gasteiger partial charge in [0.25, 0.3) is 0 Å². The van der Waals surface area contributed by atoms with Crippen molar-refractivity contribution in [2.45, 2.75) is 25.4 Å². The minimum atomic E-state index is 0.371. The van der Waals surface area contributed by atoms with Gasteiger partial charge in [0.1, 0.15) is 5.82 Å². The largest absolute Gasteiger partial charge is 0.367 e. The van der Waals surface area contributed by atoms with Gasteiger partial charge in [-0.1, -0.05) is 66.2 Å². The van der Waals surface area contributed by atoms with E-state index in [1.807, 2.05) is 28.8 Å². The van der Waals surface area contributed by atoms with Gasteiger partial charge < -0.3 is 5.32 Å². The highest BCUT2D eigenvalue weighted by Crippen LogP contribution is 2.31. The van der Waals surface area contributed by atoms with Crippen LogP contribution in [-0.4, -0.2) is 38.6 Å². The van der Waals surface area contributed by atoms with Crippen LogP contribution in [0.1, 0.15) is 18.4 Å². The maximum absolute atomic E-state index is 6.48. The van der Waals surface area contributed by atoms with E-state index in [1.165, 1.54) is 16.3 Å². The highest BCUT2D eigenvalue weighted by molar-refractivity contribution is 9.10. The Morgan fingerprint density at radius 3 is 2.54 bits per heavy atom. The Labute approximate surface area is 217 Å². The quantitative estimate of drug-likeness (QED) is 0.257. The standard InChI is InChI=1S/C28H25BrClN5/c29-24-17-31-35-27(16-26(33-28(24)35)23-7-3-4-8-25(23)30)32-22-11-13-34(14-12-22)18-19-9-10-20-5-1-2-6-21(20)15-19/h1-10,15-17,22,32H,11-14,18H2. The Morgan fingerprint density at radius 1 is 0.943 bits per heavy atom. The van der Waals surface area contributed by atoms with E-state index in [2.05, 4.69) is 79.8 Å². The third kappa shape index (κ3) is 4.66. The van der Waals surface area contributed by atoms with Crippen molar-refractivity contribution in [2.75, 3.05) is 18.4 Å². The van der Waals surface area contributed by atoms with Gasteiger partial charge in [-0.2, -0.15) is 9.61 Å². The number of nitrogens with zero attached hydrogens (tertiary/aromatic N) is 4. The van der Waals surface area contributed by atoms with Crippen LogP contribution >= 0.6 is 27.5 Å². The monoisotopic (exact) mass is 545 g/mol. The predicted octanol–water partition coefficient (Wildman–Crippen LogP) is 7.04. The number of anilines is 1. The summed E-state index contributed by atoms with van der Waals surface area (Å²) in [6.45, 7) is 3.09. The molecule has 176 valence electrons. The Morgan fingerprint density at radius 2 is 1.71 bits per heavy atom. The number of aromatic nitrogens is 3. The van der Waals surface area contributed by atoms with Gasteiger partial charge in [0.15, 0.2) is 5.65 Å². The lowest BCUT2D eigenvalue weighted by Gasteiger charge is -2.33. The number of hydrogen-bond donors (Lipinski definition) is 1. The molecule has 0 unspecified atom stereocenters. The molecule has 1 N–H and O–H groups in total. The van der Waals surface area contributed by atoms with Gasteiger partial charge in [-0.25, -0.2) is 4.98 Å². The molecule has 5 nitrogen and oxygen atoms in total. The molecular weight excluding hydrogens is 522 g/mol. The van der Waals surface area contributed by atoms with Gasteiger partial charge in [-0.3, -0.25) is 4.90 Å². The fourth-order valence-corrected chi connectivity index (χ4v) is 5.47. The van der Waals surface area contributed by atoms with Crippen molar-refractivity contribution >= 4 is 49.8 Å². The van der Waals surface area contributed by atoms with E-state index < -0.39 is 0 Å². The summed E-state index contributed by atoms with van der Waals surface area (Å²) < 4.78 is 2.73. The molecule has 1 aliphatic rings. The first kappa shape index (κ1) is 22.5. The smallest absolute Gasteiger partial charge is 0.172 e. The van der Waals surface area contributed by atoms with Crippen molar-refractivity contribution in [3.05, 3.63) is 94.1 Å². The summed E-state index contributed by atoms with van der Waals surface area (Å²) in [5, 5.41) is 11.6. The molecule has 0 aliphatic carbocycles. The number of halogens is 2. The first-order chi connectivity index (χ1) is 17.1. The number of rotatable bonds is 5. The molecule has 3 heterocycles. The summed E-state index contributed by atoms with van der Waals surface area (Å²) >= 11 is 10.1. The van der Waals surface area contributed by atoms with Gasteiger partial charge >= 0.3 is 0 Å². The predicted molar refractivity (Wildman–Crippen MR) is 147 cm³/mol. The number of hydrogen-bond acceptors (Lipinski definition) is 4. The molecule has 0 bridgehead atoms. The molecule has 1 saturated heterocycles. The molecule has 1 aliphatic heterocycles. The summed E-state index contributed by atoms with van der Waals surface area (Å²) in [5.74, 6) is 0.934. The Hall–Kier alpha value is -2.93. The van der Waals surface area contributed by atoms with Gasteiger partial charge in [0, 0.05) is 42.3 Å². The minimum absolute atomic E-state index is 0.371. The van der Waals surface area contributed by atoms with Gasteiger partial charge in [0.05, 0.1) is 16.4 Å². The van der Waals surface area contributed by atoms with E-state index in [0.717, 1.165) is 59.7 Å². The molecule has 0 amide bonds. The van der Waals surface area contributed by atoms with Crippen LogP contribution in [0.3, 0.4) is 0 Å².